The molecule has 0 bridgehead atoms. The number of hydrogen-bond acceptors (Lipinski definition) is 4. The van der Waals surface area contributed by atoms with Gasteiger partial charge >= 0.3 is 0 Å². The summed E-state index contributed by atoms with van der Waals surface area (Å²) >= 11 is 0. The van der Waals surface area contributed by atoms with Gasteiger partial charge in [0, 0.05) is 23.6 Å². The zero-order valence-corrected chi connectivity index (χ0v) is 21.7. The second-order valence-corrected chi connectivity index (χ2v) is 10.5. The van der Waals surface area contributed by atoms with Crippen LogP contribution in [0.2, 0.25) is 0 Å². The summed E-state index contributed by atoms with van der Waals surface area (Å²) in [7, 11) is -3.81. The second-order valence-electron chi connectivity index (χ2n) is 8.67. The molecule has 4 rings (SSSR count). The molecule has 190 valence electrons. The second kappa shape index (κ2) is 11.8. The fraction of sp³-hybridized carbons (Fsp3) is 0.172. The van der Waals surface area contributed by atoms with Gasteiger partial charge in [0.25, 0.3) is 0 Å². The van der Waals surface area contributed by atoms with Gasteiger partial charge in [0.2, 0.25) is 15.9 Å². The van der Waals surface area contributed by atoms with E-state index >= 15 is 0 Å². The minimum atomic E-state index is -3.81. The first-order valence-electron chi connectivity index (χ1n) is 12.1. The number of amides is 1. The Labute approximate surface area is 218 Å². The fourth-order valence-electron chi connectivity index (χ4n) is 3.81. The highest BCUT2D eigenvalue weighted by molar-refractivity contribution is 7.92. The van der Waals surface area contributed by atoms with Crippen molar-refractivity contribution in [3.05, 3.63) is 108 Å². The van der Waals surface area contributed by atoms with E-state index in [2.05, 4.69) is 5.32 Å². The Hall–Kier alpha value is -4.01. The van der Waals surface area contributed by atoms with Crippen LogP contribution in [0.3, 0.4) is 0 Å². The van der Waals surface area contributed by atoms with Gasteiger partial charge in [-0.3, -0.25) is 4.79 Å². The van der Waals surface area contributed by atoms with Crippen molar-refractivity contribution >= 4 is 27.8 Å². The predicted molar refractivity (Wildman–Crippen MR) is 149 cm³/mol. The number of benzene rings is 3. The fourth-order valence-corrected chi connectivity index (χ4v) is 5.04. The van der Waals surface area contributed by atoms with E-state index in [0.717, 1.165) is 27.8 Å². The van der Waals surface area contributed by atoms with Crippen molar-refractivity contribution in [2.24, 2.45) is 0 Å². The summed E-state index contributed by atoms with van der Waals surface area (Å²) < 4.78 is 28.9. The van der Waals surface area contributed by atoms with Gasteiger partial charge in [-0.15, -0.1) is 0 Å². The van der Waals surface area contributed by atoms with Gasteiger partial charge in [-0.1, -0.05) is 85.3 Å². The Morgan fingerprint density at radius 3 is 2.27 bits per heavy atom. The standard InChI is InChI=1S/C29H30N4O3S/c1-3-19-32(37(35,36)20-18-24-10-6-4-7-11-24)22-29(34)30-28-21-27(25-12-8-5-9-13-25)31-33(28)26-16-14-23(2)15-17-26/h4-18,20-21H,3,19,22H2,1-2H3,(H,30,34)/b20-18+. The van der Waals surface area contributed by atoms with E-state index in [9.17, 15) is 13.2 Å². The van der Waals surface area contributed by atoms with Gasteiger partial charge in [0.15, 0.2) is 0 Å². The third-order valence-corrected chi connectivity index (χ3v) is 7.22. The molecule has 0 fully saturated rings. The van der Waals surface area contributed by atoms with Crippen LogP contribution in [0.4, 0.5) is 5.82 Å². The molecule has 1 amide bonds. The van der Waals surface area contributed by atoms with Crippen LogP contribution in [-0.4, -0.2) is 41.5 Å². The highest BCUT2D eigenvalue weighted by Gasteiger charge is 2.23. The average molecular weight is 515 g/mol. The molecule has 0 radical (unpaired) electrons. The SMILES string of the molecule is CCCN(CC(=O)Nc1cc(-c2ccccc2)nn1-c1ccc(C)cc1)S(=O)(=O)/C=C/c1ccccc1. The van der Waals surface area contributed by atoms with E-state index in [1.54, 1.807) is 10.7 Å². The van der Waals surface area contributed by atoms with Gasteiger partial charge in [0.05, 0.1) is 17.9 Å². The molecule has 0 saturated heterocycles. The number of rotatable bonds is 10. The van der Waals surface area contributed by atoms with E-state index in [1.807, 2.05) is 98.8 Å². The van der Waals surface area contributed by atoms with Crippen molar-refractivity contribution in [2.45, 2.75) is 20.3 Å². The summed E-state index contributed by atoms with van der Waals surface area (Å²) in [5.41, 5.74) is 4.26. The van der Waals surface area contributed by atoms with Crippen LogP contribution in [0.5, 0.6) is 0 Å². The summed E-state index contributed by atoms with van der Waals surface area (Å²) in [6, 6.07) is 28.4. The van der Waals surface area contributed by atoms with Crippen molar-refractivity contribution in [3.63, 3.8) is 0 Å². The first kappa shape index (κ1) is 26.1. The number of hydrogen-bond donors (Lipinski definition) is 1. The van der Waals surface area contributed by atoms with Gasteiger partial charge < -0.3 is 5.32 Å². The highest BCUT2D eigenvalue weighted by Crippen LogP contribution is 2.25. The monoisotopic (exact) mass is 514 g/mol. The number of carbonyl (C=O) groups is 1. The summed E-state index contributed by atoms with van der Waals surface area (Å²) in [5, 5.41) is 8.75. The van der Waals surface area contributed by atoms with E-state index in [4.69, 9.17) is 5.10 Å². The van der Waals surface area contributed by atoms with E-state index < -0.39 is 15.9 Å². The number of anilines is 1. The summed E-state index contributed by atoms with van der Waals surface area (Å²) in [5.74, 6) is 0.0133. The Morgan fingerprint density at radius 2 is 1.62 bits per heavy atom. The molecule has 7 nitrogen and oxygen atoms in total. The maximum Gasteiger partial charge on any atom is 0.240 e. The molecule has 37 heavy (non-hydrogen) atoms. The molecule has 1 aromatic heterocycles. The van der Waals surface area contributed by atoms with Crippen LogP contribution in [0.15, 0.2) is 96.4 Å². The Balaban J connectivity index is 1.58. The van der Waals surface area contributed by atoms with Gasteiger partial charge in [0.1, 0.15) is 5.82 Å². The smallest absolute Gasteiger partial charge is 0.240 e. The van der Waals surface area contributed by atoms with Crippen molar-refractivity contribution in [2.75, 3.05) is 18.4 Å². The summed E-state index contributed by atoms with van der Waals surface area (Å²) in [6.45, 7) is 3.79. The maximum absolute atomic E-state index is 13.1. The van der Waals surface area contributed by atoms with Crippen LogP contribution in [0.1, 0.15) is 24.5 Å². The quantitative estimate of drug-likeness (QED) is 0.303. The Morgan fingerprint density at radius 1 is 0.973 bits per heavy atom. The lowest BCUT2D eigenvalue weighted by Crippen LogP contribution is -2.37. The Kier molecular flexibility index (Phi) is 8.32. The molecule has 8 heteroatoms. The number of carbonyl (C=O) groups excluding carboxylic acids is 1. The predicted octanol–water partition coefficient (Wildman–Crippen LogP) is 5.50. The van der Waals surface area contributed by atoms with Crippen molar-refractivity contribution in [1.82, 2.24) is 14.1 Å². The van der Waals surface area contributed by atoms with Crippen LogP contribution in [0, 0.1) is 6.92 Å². The van der Waals surface area contributed by atoms with Gasteiger partial charge in [-0.25, -0.2) is 13.1 Å². The molecular weight excluding hydrogens is 484 g/mol. The number of aromatic nitrogens is 2. The van der Waals surface area contributed by atoms with Crippen molar-refractivity contribution in [1.29, 1.82) is 0 Å². The number of nitrogens with zero attached hydrogens (tertiary/aromatic N) is 3. The molecule has 1 heterocycles. The lowest BCUT2D eigenvalue weighted by atomic mass is 10.1. The summed E-state index contributed by atoms with van der Waals surface area (Å²) in [4.78, 5) is 13.1. The minimum Gasteiger partial charge on any atom is -0.309 e. The van der Waals surface area contributed by atoms with Crippen LogP contribution in [-0.2, 0) is 14.8 Å². The summed E-state index contributed by atoms with van der Waals surface area (Å²) in [6.07, 6.45) is 2.11. The molecule has 0 atom stereocenters. The van der Waals surface area contributed by atoms with E-state index in [0.29, 0.717) is 17.9 Å². The molecule has 0 saturated carbocycles. The molecule has 0 aliphatic heterocycles. The van der Waals surface area contributed by atoms with Crippen LogP contribution < -0.4 is 5.32 Å². The number of nitrogens with one attached hydrogen (secondary N) is 1. The normalized spacial score (nSPS) is 11.8. The van der Waals surface area contributed by atoms with E-state index in [-0.39, 0.29) is 13.1 Å². The number of aryl methyl sites for hydroxylation is 1. The first-order valence-corrected chi connectivity index (χ1v) is 13.6. The van der Waals surface area contributed by atoms with Crippen LogP contribution in [0.25, 0.3) is 23.0 Å². The third kappa shape index (κ3) is 6.81. The zero-order chi connectivity index (χ0) is 26.3. The maximum atomic E-state index is 13.1. The van der Waals surface area contributed by atoms with Crippen molar-refractivity contribution < 1.29 is 13.2 Å². The van der Waals surface area contributed by atoms with E-state index in [1.165, 1.54) is 10.4 Å². The lowest BCUT2D eigenvalue weighted by Gasteiger charge is -2.19. The first-order chi connectivity index (χ1) is 17.9. The molecular formula is C29H30N4O3S. The molecule has 0 spiro atoms. The molecule has 1 N–H and O–H groups in total. The molecule has 0 aliphatic carbocycles. The molecule has 3 aromatic carbocycles. The average Bonchev–Trinajstić information content (AvgIpc) is 3.32. The van der Waals surface area contributed by atoms with Gasteiger partial charge in [-0.05, 0) is 37.1 Å². The van der Waals surface area contributed by atoms with Gasteiger partial charge in [-0.2, -0.15) is 9.40 Å². The highest BCUT2D eigenvalue weighted by atomic mass is 32.2. The molecule has 4 aromatic rings. The topological polar surface area (TPSA) is 84.3 Å². The van der Waals surface area contributed by atoms with Crippen LogP contribution >= 0.6 is 0 Å². The largest absolute Gasteiger partial charge is 0.309 e. The van der Waals surface area contributed by atoms with Crippen molar-refractivity contribution in [3.8, 4) is 16.9 Å². The molecule has 0 aliphatic rings. The zero-order valence-electron chi connectivity index (χ0n) is 20.9. The number of sulfonamides is 1. The molecule has 0 unspecified atom stereocenters. The lowest BCUT2D eigenvalue weighted by molar-refractivity contribution is -0.116. The minimum absolute atomic E-state index is 0.224. The Bertz CT molecular complexity index is 1460. The third-order valence-electron chi connectivity index (χ3n) is 5.71.